The Labute approximate surface area is 145 Å². The van der Waals surface area contributed by atoms with Gasteiger partial charge in [0.25, 0.3) is 0 Å². The first-order chi connectivity index (χ1) is 11.5. The molecule has 1 heterocycles. The fraction of sp³-hybridized carbons (Fsp3) is 0.111. The second-order valence-electron chi connectivity index (χ2n) is 5.51. The van der Waals surface area contributed by atoms with Crippen molar-refractivity contribution in [3.63, 3.8) is 0 Å². The zero-order valence-electron chi connectivity index (χ0n) is 13.5. The van der Waals surface area contributed by atoms with Crippen LogP contribution in [0.15, 0.2) is 48.8 Å². The molecule has 3 aromatic rings. The normalized spacial score (nSPS) is 10.5. The molecule has 5 nitrogen and oxygen atoms in total. The van der Waals surface area contributed by atoms with Crippen LogP contribution in [0.1, 0.15) is 11.1 Å². The van der Waals surface area contributed by atoms with Crippen molar-refractivity contribution in [2.45, 2.75) is 13.8 Å². The van der Waals surface area contributed by atoms with Gasteiger partial charge in [-0.15, -0.1) is 0 Å². The number of nitrogen functional groups attached to an aromatic ring is 1. The summed E-state index contributed by atoms with van der Waals surface area (Å²) in [5.74, 6) is 1.08. The summed E-state index contributed by atoms with van der Waals surface area (Å²) in [5.41, 5.74) is 10.5. The molecular weight excluding hydrogens is 322 g/mol. The van der Waals surface area contributed by atoms with Crippen molar-refractivity contribution in [3.8, 4) is 0 Å². The highest BCUT2D eigenvalue weighted by Gasteiger charge is 2.10. The monoisotopic (exact) mass is 339 g/mol. The number of halogens is 1. The molecule has 0 unspecified atom stereocenters. The van der Waals surface area contributed by atoms with Crippen molar-refractivity contribution in [2.24, 2.45) is 0 Å². The lowest BCUT2D eigenvalue weighted by Crippen LogP contribution is -2.05. The van der Waals surface area contributed by atoms with E-state index >= 15 is 0 Å². The lowest BCUT2D eigenvalue weighted by Gasteiger charge is -2.14. The molecule has 1 aromatic heterocycles. The molecule has 4 N–H and O–H groups in total. The average molecular weight is 340 g/mol. The number of benzene rings is 2. The number of rotatable bonds is 4. The molecule has 0 aliphatic rings. The van der Waals surface area contributed by atoms with E-state index < -0.39 is 0 Å². The highest BCUT2D eigenvalue weighted by Crippen LogP contribution is 2.30. The maximum absolute atomic E-state index is 6.21. The summed E-state index contributed by atoms with van der Waals surface area (Å²) in [6.07, 6.45) is 1.47. The van der Waals surface area contributed by atoms with Gasteiger partial charge in [-0.3, -0.25) is 0 Å². The van der Waals surface area contributed by atoms with Crippen molar-refractivity contribution in [2.75, 3.05) is 16.4 Å². The molecule has 0 saturated carbocycles. The Morgan fingerprint density at radius 1 is 0.917 bits per heavy atom. The summed E-state index contributed by atoms with van der Waals surface area (Å²) < 4.78 is 0. The molecule has 0 spiro atoms. The number of aryl methyl sites for hydroxylation is 2. The van der Waals surface area contributed by atoms with E-state index in [0.29, 0.717) is 22.3 Å². The minimum atomic E-state index is 0.442. The van der Waals surface area contributed by atoms with Gasteiger partial charge in [0.1, 0.15) is 12.0 Å². The summed E-state index contributed by atoms with van der Waals surface area (Å²) in [6, 6.07) is 13.6. The largest absolute Gasteiger partial charge is 0.393 e. The van der Waals surface area contributed by atoms with Gasteiger partial charge in [-0.05, 0) is 43.2 Å². The molecule has 0 atom stereocenters. The van der Waals surface area contributed by atoms with E-state index in [4.69, 9.17) is 17.3 Å². The zero-order chi connectivity index (χ0) is 17.1. The molecule has 0 saturated heterocycles. The minimum absolute atomic E-state index is 0.442. The third-order valence-electron chi connectivity index (χ3n) is 3.72. The first-order valence-electron chi connectivity index (χ1n) is 7.51. The van der Waals surface area contributed by atoms with Crippen molar-refractivity contribution in [3.05, 3.63) is 64.9 Å². The van der Waals surface area contributed by atoms with Crippen molar-refractivity contribution in [1.82, 2.24) is 9.97 Å². The number of nitrogens with two attached hydrogens (primary N) is 1. The van der Waals surface area contributed by atoms with Gasteiger partial charge < -0.3 is 16.4 Å². The van der Waals surface area contributed by atoms with Gasteiger partial charge in [-0.2, -0.15) is 0 Å². The second-order valence-corrected chi connectivity index (χ2v) is 5.92. The summed E-state index contributed by atoms with van der Waals surface area (Å²) in [7, 11) is 0. The van der Waals surface area contributed by atoms with E-state index in [-0.39, 0.29) is 0 Å². The van der Waals surface area contributed by atoms with Crippen molar-refractivity contribution in [1.29, 1.82) is 0 Å². The fourth-order valence-electron chi connectivity index (χ4n) is 2.24. The fourth-order valence-corrected chi connectivity index (χ4v) is 2.42. The summed E-state index contributed by atoms with van der Waals surface area (Å²) in [4.78, 5) is 8.46. The Morgan fingerprint density at radius 3 is 2.33 bits per heavy atom. The average Bonchev–Trinajstić information content (AvgIpc) is 2.57. The van der Waals surface area contributed by atoms with Crippen LogP contribution in [0.4, 0.5) is 28.7 Å². The quantitative estimate of drug-likeness (QED) is 0.635. The van der Waals surface area contributed by atoms with Gasteiger partial charge in [0.2, 0.25) is 0 Å². The molecule has 0 amide bonds. The van der Waals surface area contributed by atoms with Crippen LogP contribution < -0.4 is 16.4 Å². The number of aromatic nitrogens is 2. The minimum Gasteiger partial charge on any atom is -0.393 e. The first-order valence-corrected chi connectivity index (χ1v) is 7.88. The summed E-state index contributed by atoms with van der Waals surface area (Å²) >= 11 is 6.16. The third-order valence-corrected chi connectivity index (χ3v) is 4.12. The molecule has 2 aromatic carbocycles. The Bertz CT molecular complexity index is 879. The molecule has 0 aliphatic carbocycles. The van der Waals surface area contributed by atoms with Gasteiger partial charge >= 0.3 is 0 Å². The van der Waals surface area contributed by atoms with Gasteiger partial charge in [0.05, 0.1) is 0 Å². The lowest BCUT2D eigenvalue weighted by atomic mass is 10.2. The first kappa shape index (κ1) is 16.1. The Kier molecular flexibility index (Phi) is 4.53. The third kappa shape index (κ3) is 3.41. The van der Waals surface area contributed by atoms with Crippen LogP contribution in [0.2, 0.25) is 5.02 Å². The van der Waals surface area contributed by atoms with Crippen LogP contribution in [0.3, 0.4) is 0 Å². The SMILES string of the molecule is Cc1ccc(Nc2ncnc(Nc3ccccc3C)c2N)cc1Cl. The topological polar surface area (TPSA) is 75.9 Å². The molecule has 0 aliphatic heterocycles. The van der Waals surface area contributed by atoms with E-state index in [1.807, 2.05) is 56.3 Å². The molecule has 0 radical (unpaired) electrons. The Morgan fingerprint density at radius 2 is 1.62 bits per heavy atom. The van der Waals surface area contributed by atoms with Gasteiger partial charge in [-0.25, -0.2) is 9.97 Å². The van der Waals surface area contributed by atoms with Crippen molar-refractivity contribution < 1.29 is 0 Å². The lowest BCUT2D eigenvalue weighted by molar-refractivity contribution is 1.17. The smallest absolute Gasteiger partial charge is 0.159 e. The van der Waals surface area contributed by atoms with E-state index in [1.165, 1.54) is 6.33 Å². The second kappa shape index (κ2) is 6.76. The predicted octanol–water partition coefficient (Wildman–Crippen LogP) is 4.82. The molecule has 6 heteroatoms. The summed E-state index contributed by atoms with van der Waals surface area (Å²) in [6.45, 7) is 3.97. The van der Waals surface area contributed by atoms with Crippen LogP contribution >= 0.6 is 11.6 Å². The molecule has 0 bridgehead atoms. The van der Waals surface area contributed by atoms with Crippen LogP contribution in [0.5, 0.6) is 0 Å². The highest BCUT2D eigenvalue weighted by atomic mass is 35.5. The number of nitrogens with zero attached hydrogens (tertiary/aromatic N) is 2. The molecule has 3 rings (SSSR count). The predicted molar refractivity (Wildman–Crippen MR) is 100 cm³/mol. The number of hydrogen-bond donors (Lipinski definition) is 3. The Hall–Kier alpha value is -2.79. The number of hydrogen-bond acceptors (Lipinski definition) is 5. The standard InChI is InChI=1S/C18H18ClN5/c1-11-7-8-13(9-14(11)19)23-17-16(20)18(22-10-21-17)24-15-6-4-3-5-12(15)2/h3-10H,20H2,1-2H3,(H2,21,22,23,24). The van der Waals surface area contributed by atoms with E-state index in [9.17, 15) is 0 Å². The van der Waals surface area contributed by atoms with E-state index in [1.54, 1.807) is 0 Å². The summed E-state index contributed by atoms with van der Waals surface area (Å²) in [5, 5.41) is 7.11. The van der Waals surface area contributed by atoms with Crippen molar-refractivity contribution >= 4 is 40.3 Å². The van der Waals surface area contributed by atoms with Crippen LogP contribution in [-0.4, -0.2) is 9.97 Å². The van der Waals surface area contributed by atoms with Gasteiger partial charge in [-0.1, -0.05) is 35.9 Å². The maximum atomic E-state index is 6.21. The number of nitrogens with one attached hydrogen (secondary N) is 2. The van der Waals surface area contributed by atoms with Gasteiger partial charge in [0.15, 0.2) is 11.6 Å². The molecule has 122 valence electrons. The Balaban J connectivity index is 1.88. The zero-order valence-corrected chi connectivity index (χ0v) is 14.2. The molecule has 0 fully saturated rings. The number of anilines is 5. The highest BCUT2D eigenvalue weighted by molar-refractivity contribution is 6.31. The maximum Gasteiger partial charge on any atom is 0.159 e. The molecule has 24 heavy (non-hydrogen) atoms. The van der Waals surface area contributed by atoms with Crippen LogP contribution in [-0.2, 0) is 0 Å². The van der Waals surface area contributed by atoms with Crippen LogP contribution in [0.25, 0.3) is 0 Å². The van der Waals surface area contributed by atoms with E-state index in [0.717, 1.165) is 22.5 Å². The number of para-hydroxylation sites is 1. The molecular formula is C18H18ClN5. The van der Waals surface area contributed by atoms with E-state index in [2.05, 4.69) is 20.6 Å². The van der Waals surface area contributed by atoms with Gasteiger partial charge in [0, 0.05) is 16.4 Å². The van der Waals surface area contributed by atoms with Crippen LogP contribution in [0, 0.1) is 13.8 Å².